The molecular weight excluding hydrogens is 190 g/mol. The zero-order chi connectivity index (χ0) is 10.8. The topological polar surface area (TPSA) is 68.0 Å². The quantitative estimate of drug-likeness (QED) is 0.723. The summed E-state index contributed by atoms with van der Waals surface area (Å²) in [5.41, 5.74) is 7.68. The number of rotatable bonds is 2. The molecule has 0 aromatic carbocycles. The number of carbonyl (C=O) groups is 1. The van der Waals surface area contributed by atoms with Crippen molar-refractivity contribution in [3.8, 4) is 0 Å². The normalized spacial score (nSPS) is 25.4. The molecule has 0 radical (unpaired) electrons. The van der Waals surface area contributed by atoms with Crippen molar-refractivity contribution >= 4 is 5.91 Å². The van der Waals surface area contributed by atoms with E-state index in [-0.39, 0.29) is 17.7 Å². The maximum Gasteiger partial charge on any atom is 0.222 e. The molecule has 1 aromatic rings. The summed E-state index contributed by atoms with van der Waals surface area (Å²) >= 11 is 0. The molecule has 3 N–H and O–H groups in total. The van der Waals surface area contributed by atoms with Gasteiger partial charge in [-0.1, -0.05) is 0 Å². The number of hydrogen-bond donors (Lipinski definition) is 2. The van der Waals surface area contributed by atoms with Crippen LogP contribution in [0.15, 0.2) is 18.5 Å². The standard InChI is InChI=1S/C11H15N3O/c1-7-2-3-13-4-8(7)9-5-14-6-10(9)11(12)15/h2-4,9-10,14H,5-6H2,1H3,(H2,12,15). The highest BCUT2D eigenvalue weighted by Crippen LogP contribution is 2.29. The molecule has 1 fully saturated rings. The highest BCUT2D eigenvalue weighted by atomic mass is 16.1. The summed E-state index contributed by atoms with van der Waals surface area (Å²) in [5.74, 6) is -0.155. The lowest BCUT2D eigenvalue weighted by molar-refractivity contribution is -0.121. The molecule has 4 heteroatoms. The number of hydrogen-bond acceptors (Lipinski definition) is 3. The van der Waals surface area contributed by atoms with Gasteiger partial charge >= 0.3 is 0 Å². The minimum absolute atomic E-state index is 0.104. The van der Waals surface area contributed by atoms with Gasteiger partial charge in [-0.05, 0) is 24.1 Å². The third-order valence-electron chi connectivity index (χ3n) is 3.06. The summed E-state index contributed by atoms with van der Waals surface area (Å²) in [7, 11) is 0. The minimum atomic E-state index is -0.228. The molecule has 0 spiro atoms. The van der Waals surface area contributed by atoms with Crippen LogP contribution in [0.25, 0.3) is 0 Å². The van der Waals surface area contributed by atoms with Crippen LogP contribution in [0.1, 0.15) is 17.0 Å². The molecular formula is C11H15N3O. The summed E-state index contributed by atoms with van der Waals surface area (Å²) in [5, 5.41) is 3.20. The Bertz CT molecular complexity index is 378. The molecule has 15 heavy (non-hydrogen) atoms. The maximum absolute atomic E-state index is 11.3. The van der Waals surface area contributed by atoms with E-state index in [1.807, 2.05) is 19.2 Å². The molecule has 80 valence electrons. The van der Waals surface area contributed by atoms with Crippen molar-refractivity contribution in [2.75, 3.05) is 13.1 Å². The summed E-state index contributed by atoms with van der Waals surface area (Å²) in [6.45, 7) is 3.52. The van der Waals surface area contributed by atoms with Gasteiger partial charge in [-0.3, -0.25) is 9.78 Å². The Hall–Kier alpha value is -1.42. The van der Waals surface area contributed by atoms with Gasteiger partial charge in [0.05, 0.1) is 5.92 Å². The second kappa shape index (κ2) is 3.98. The first-order valence-electron chi connectivity index (χ1n) is 5.10. The van der Waals surface area contributed by atoms with E-state index in [4.69, 9.17) is 5.73 Å². The van der Waals surface area contributed by atoms with Crippen LogP contribution in [-0.4, -0.2) is 24.0 Å². The molecule has 2 unspecified atom stereocenters. The number of aryl methyl sites for hydroxylation is 1. The number of nitrogens with zero attached hydrogens (tertiary/aromatic N) is 1. The first kappa shape index (κ1) is 10.1. The van der Waals surface area contributed by atoms with Crippen LogP contribution in [0.5, 0.6) is 0 Å². The Morgan fingerprint density at radius 2 is 2.40 bits per heavy atom. The van der Waals surface area contributed by atoms with Gasteiger partial charge in [0.2, 0.25) is 5.91 Å². The van der Waals surface area contributed by atoms with E-state index < -0.39 is 0 Å². The van der Waals surface area contributed by atoms with Crippen molar-refractivity contribution in [2.24, 2.45) is 11.7 Å². The van der Waals surface area contributed by atoms with Crippen molar-refractivity contribution in [1.29, 1.82) is 0 Å². The number of nitrogens with one attached hydrogen (secondary N) is 1. The van der Waals surface area contributed by atoms with Crippen LogP contribution in [-0.2, 0) is 4.79 Å². The van der Waals surface area contributed by atoms with Gasteiger partial charge in [0.15, 0.2) is 0 Å². The Morgan fingerprint density at radius 3 is 3.07 bits per heavy atom. The average Bonchev–Trinajstić information content (AvgIpc) is 2.67. The lowest BCUT2D eigenvalue weighted by Crippen LogP contribution is -2.28. The number of nitrogens with two attached hydrogens (primary N) is 1. The van der Waals surface area contributed by atoms with Crippen molar-refractivity contribution in [3.05, 3.63) is 29.6 Å². The molecule has 2 rings (SSSR count). The first-order chi connectivity index (χ1) is 7.20. The molecule has 1 aromatic heterocycles. The average molecular weight is 205 g/mol. The van der Waals surface area contributed by atoms with Gasteiger partial charge in [0.1, 0.15) is 0 Å². The van der Waals surface area contributed by atoms with Gasteiger partial charge in [0.25, 0.3) is 0 Å². The zero-order valence-electron chi connectivity index (χ0n) is 8.73. The summed E-state index contributed by atoms with van der Waals surface area (Å²) in [6, 6.07) is 1.96. The fourth-order valence-corrected chi connectivity index (χ4v) is 2.17. The Labute approximate surface area is 88.9 Å². The van der Waals surface area contributed by atoms with Gasteiger partial charge in [0, 0.05) is 31.4 Å². The highest BCUT2D eigenvalue weighted by molar-refractivity contribution is 5.78. The number of aromatic nitrogens is 1. The smallest absolute Gasteiger partial charge is 0.222 e. The molecule has 2 heterocycles. The van der Waals surface area contributed by atoms with Crippen LogP contribution >= 0.6 is 0 Å². The summed E-state index contributed by atoms with van der Waals surface area (Å²) < 4.78 is 0. The van der Waals surface area contributed by atoms with E-state index in [9.17, 15) is 4.79 Å². The van der Waals surface area contributed by atoms with Crippen LogP contribution < -0.4 is 11.1 Å². The molecule has 1 aliphatic heterocycles. The highest BCUT2D eigenvalue weighted by Gasteiger charge is 2.33. The SMILES string of the molecule is Cc1ccncc1C1CNCC1C(N)=O. The second-order valence-corrected chi connectivity index (χ2v) is 4.01. The van der Waals surface area contributed by atoms with E-state index in [2.05, 4.69) is 10.3 Å². The largest absolute Gasteiger partial charge is 0.369 e. The van der Waals surface area contributed by atoms with Crippen molar-refractivity contribution in [2.45, 2.75) is 12.8 Å². The fourth-order valence-electron chi connectivity index (χ4n) is 2.17. The van der Waals surface area contributed by atoms with Gasteiger partial charge in [-0.15, -0.1) is 0 Å². The molecule has 1 amide bonds. The van der Waals surface area contributed by atoms with Crippen LogP contribution in [0.2, 0.25) is 0 Å². The van der Waals surface area contributed by atoms with Crippen LogP contribution in [0, 0.1) is 12.8 Å². The third-order valence-corrected chi connectivity index (χ3v) is 3.06. The van der Waals surface area contributed by atoms with E-state index >= 15 is 0 Å². The second-order valence-electron chi connectivity index (χ2n) is 4.01. The number of amides is 1. The maximum atomic E-state index is 11.3. The van der Waals surface area contributed by atoms with Gasteiger partial charge in [-0.25, -0.2) is 0 Å². The third kappa shape index (κ3) is 1.85. The lowest BCUT2D eigenvalue weighted by Gasteiger charge is -2.17. The van der Waals surface area contributed by atoms with Gasteiger partial charge < -0.3 is 11.1 Å². The predicted octanol–water partition coefficient (Wildman–Crippen LogP) is 0.178. The number of pyridine rings is 1. The van der Waals surface area contributed by atoms with Crippen molar-refractivity contribution in [3.63, 3.8) is 0 Å². The first-order valence-corrected chi connectivity index (χ1v) is 5.10. The van der Waals surface area contributed by atoms with Crippen LogP contribution in [0.4, 0.5) is 0 Å². The van der Waals surface area contributed by atoms with Crippen LogP contribution in [0.3, 0.4) is 0 Å². The van der Waals surface area contributed by atoms with E-state index in [1.165, 1.54) is 5.56 Å². The molecule has 0 aliphatic carbocycles. The Kier molecular flexibility index (Phi) is 2.68. The molecule has 0 bridgehead atoms. The van der Waals surface area contributed by atoms with Crippen molar-refractivity contribution in [1.82, 2.24) is 10.3 Å². The number of primary amides is 1. The summed E-state index contributed by atoms with van der Waals surface area (Å²) in [6.07, 6.45) is 3.60. The number of carbonyl (C=O) groups excluding carboxylic acids is 1. The van der Waals surface area contributed by atoms with Crippen molar-refractivity contribution < 1.29 is 4.79 Å². The molecule has 2 atom stereocenters. The predicted molar refractivity (Wildman–Crippen MR) is 57.3 cm³/mol. The zero-order valence-corrected chi connectivity index (χ0v) is 8.73. The molecule has 0 saturated carbocycles. The van der Waals surface area contributed by atoms with E-state index in [0.29, 0.717) is 6.54 Å². The summed E-state index contributed by atoms with van der Waals surface area (Å²) in [4.78, 5) is 15.4. The van der Waals surface area contributed by atoms with E-state index in [1.54, 1.807) is 6.20 Å². The Morgan fingerprint density at radius 1 is 1.60 bits per heavy atom. The molecule has 4 nitrogen and oxygen atoms in total. The van der Waals surface area contributed by atoms with E-state index in [0.717, 1.165) is 12.1 Å². The monoisotopic (exact) mass is 205 g/mol. The van der Waals surface area contributed by atoms with Gasteiger partial charge in [-0.2, -0.15) is 0 Å². The molecule has 1 aliphatic rings. The molecule has 1 saturated heterocycles. The lowest BCUT2D eigenvalue weighted by atomic mass is 9.87. The minimum Gasteiger partial charge on any atom is -0.369 e. The fraction of sp³-hybridized carbons (Fsp3) is 0.455. The Balaban J connectivity index is 2.30.